The fraction of sp³-hybridized carbons (Fsp3) is 0.440. The molecule has 0 bridgehead atoms. The van der Waals surface area contributed by atoms with Crippen LogP contribution in [-0.4, -0.2) is 35.9 Å². The summed E-state index contributed by atoms with van der Waals surface area (Å²) in [6.07, 6.45) is 3.39. The van der Waals surface area contributed by atoms with Crippen LogP contribution in [0.3, 0.4) is 0 Å². The monoisotopic (exact) mass is 444 g/mol. The molecule has 0 radical (unpaired) electrons. The van der Waals surface area contributed by atoms with Gasteiger partial charge in [0.2, 0.25) is 11.8 Å². The van der Waals surface area contributed by atoms with Crippen LogP contribution in [0.15, 0.2) is 54.6 Å². The summed E-state index contributed by atoms with van der Waals surface area (Å²) in [5.74, 6) is 0.596. The van der Waals surface area contributed by atoms with Crippen LogP contribution in [0.1, 0.15) is 51.5 Å². The molecule has 2 aromatic carbocycles. The predicted molar refractivity (Wildman–Crippen MR) is 125 cm³/mol. The Morgan fingerprint density at radius 1 is 1.03 bits per heavy atom. The van der Waals surface area contributed by atoms with Gasteiger partial charge in [-0.15, -0.1) is 0 Å². The maximum absolute atomic E-state index is 13.1. The van der Waals surface area contributed by atoms with E-state index >= 15 is 0 Å². The average Bonchev–Trinajstić information content (AvgIpc) is 2.78. The Bertz CT molecular complexity index is 796. The first-order chi connectivity index (χ1) is 15.0. The molecule has 2 aromatic rings. The Morgan fingerprint density at radius 3 is 2.39 bits per heavy atom. The second-order valence-corrected chi connectivity index (χ2v) is 7.92. The van der Waals surface area contributed by atoms with Crippen LogP contribution in [0.5, 0.6) is 5.75 Å². The van der Waals surface area contributed by atoms with Gasteiger partial charge in [-0.1, -0.05) is 62.2 Å². The lowest BCUT2D eigenvalue weighted by Gasteiger charge is -2.30. The number of amides is 2. The van der Waals surface area contributed by atoms with Gasteiger partial charge in [-0.25, -0.2) is 0 Å². The molecule has 31 heavy (non-hydrogen) atoms. The number of ether oxygens (including phenoxy) is 1. The highest BCUT2D eigenvalue weighted by molar-refractivity contribution is 6.30. The van der Waals surface area contributed by atoms with Crippen LogP contribution in [0.4, 0.5) is 0 Å². The van der Waals surface area contributed by atoms with Crippen molar-refractivity contribution in [3.8, 4) is 5.75 Å². The number of hydrogen-bond donors (Lipinski definition) is 1. The highest BCUT2D eigenvalue weighted by atomic mass is 35.5. The molecule has 0 unspecified atom stereocenters. The normalized spacial score (nSPS) is 11.6. The van der Waals surface area contributed by atoms with Gasteiger partial charge in [0.1, 0.15) is 11.8 Å². The molecule has 1 N–H and O–H groups in total. The predicted octanol–water partition coefficient (Wildman–Crippen LogP) is 5.22. The second-order valence-electron chi connectivity index (χ2n) is 7.48. The first-order valence-corrected chi connectivity index (χ1v) is 11.4. The highest BCUT2D eigenvalue weighted by Crippen LogP contribution is 2.17. The summed E-state index contributed by atoms with van der Waals surface area (Å²) in [4.78, 5) is 27.6. The first kappa shape index (κ1) is 24.7. The highest BCUT2D eigenvalue weighted by Gasteiger charge is 2.28. The van der Waals surface area contributed by atoms with Crippen LogP contribution in [0.25, 0.3) is 0 Å². The van der Waals surface area contributed by atoms with E-state index in [0.29, 0.717) is 44.0 Å². The van der Waals surface area contributed by atoms with Crippen LogP contribution in [0.2, 0.25) is 5.02 Å². The quantitative estimate of drug-likeness (QED) is 0.431. The number of nitrogens with one attached hydrogen (secondary N) is 1. The molecular weight excluding hydrogens is 412 g/mol. The zero-order valence-electron chi connectivity index (χ0n) is 18.5. The molecule has 5 nitrogen and oxygen atoms in total. The van der Waals surface area contributed by atoms with Crippen LogP contribution >= 0.6 is 11.6 Å². The van der Waals surface area contributed by atoms with Gasteiger partial charge in [-0.3, -0.25) is 9.59 Å². The van der Waals surface area contributed by atoms with E-state index in [1.54, 1.807) is 29.2 Å². The number of unbranched alkanes of at least 4 members (excludes halogenated alkanes) is 1. The topological polar surface area (TPSA) is 58.6 Å². The van der Waals surface area contributed by atoms with E-state index in [9.17, 15) is 9.59 Å². The molecule has 0 fully saturated rings. The molecule has 0 aliphatic rings. The third-order valence-electron chi connectivity index (χ3n) is 5.03. The number of carbonyl (C=O) groups excluding carboxylic acids is 2. The molecule has 0 aliphatic carbocycles. The Labute approximate surface area is 190 Å². The van der Waals surface area contributed by atoms with Crippen molar-refractivity contribution in [1.29, 1.82) is 0 Å². The third kappa shape index (κ3) is 8.62. The van der Waals surface area contributed by atoms with E-state index in [0.717, 1.165) is 24.2 Å². The number of nitrogens with zero attached hydrogens (tertiary/aromatic N) is 1. The molecule has 0 saturated heterocycles. The summed E-state index contributed by atoms with van der Waals surface area (Å²) in [7, 11) is 0. The molecule has 0 aromatic heterocycles. The molecular formula is C25H33ClN2O3. The molecule has 6 heteroatoms. The molecule has 2 amide bonds. The minimum absolute atomic E-state index is 0.0407. The Morgan fingerprint density at radius 2 is 1.74 bits per heavy atom. The zero-order chi connectivity index (χ0) is 22.5. The Hall–Kier alpha value is -2.53. The molecule has 0 aliphatic heterocycles. The summed E-state index contributed by atoms with van der Waals surface area (Å²) in [5, 5.41) is 3.64. The minimum atomic E-state index is -0.484. The number of halogens is 1. The van der Waals surface area contributed by atoms with E-state index in [4.69, 9.17) is 16.3 Å². The minimum Gasteiger partial charge on any atom is -0.494 e. The average molecular weight is 445 g/mol. The molecule has 0 saturated carbocycles. The number of rotatable bonds is 13. The maximum atomic E-state index is 13.1. The van der Waals surface area contributed by atoms with E-state index in [2.05, 4.69) is 12.2 Å². The van der Waals surface area contributed by atoms with Gasteiger partial charge in [0.05, 0.1) is 6.61 Å². The van der Waals surface area contributed by atoms with Crippen LogP contribution < -0.4 is 10.1 Å². The number of carbonyl (C=O) groups is 2. The molecule has 0 spiro atoms. The van der Waals surface area contributed by atoms with Crippen LogP contribution in [-0.2, 0) is 16.1 Å². The lowest BCUT2D eigenvalue weighted by atomic mass is 10.1. The van der Waals surface area contributed by atoms with Gasteiger partial charge < -0.3 is 15.0 Å². The lowest BCUT2D eigenvalue weighted by Crippen LogP contribution is -2.49. The van der Waals surface area contributed by atoms with E-state index in [1.165, 1.54) is 0 Å². The van der Waals surface area contributed by atoms with E-state index < -0.39 is 6.04 Å². The van der Waals surface area contributed by atoms with Crippen molar-refractivity contribution in [2.75, 3.05) is 13.2 Å². The van der Waals surface area contributed by atoms with Crippen LogP contribution in [0, 0.1) is 0 Å². The maximum Gasteiger partial charge on any atom is 0.242 e. The second kappa shape index (κ2) is 13.7. The van der Waals surface area contributed by atoms with Crippen molar-refractivity contribution in [2.45, 2.75) is 58.5 Å². The first-order valence-electron chi connectivity index (χ1n) is 11.0. The van der Waals surface area contributed by atoms with Crippen molar-refractivity contribution in [1.82, 2.24) is 10.2 Å². The summed E-state index contributed by atoms with van der Waals surface area (Å²) < 4.78 is 5.70. The van der Waals surface area contributed by atoms with Crippen molar-refractivity contribution < 1.29 is 14.3 Å². The van der Waals surface area contributed by atoms with Crippen molar-refractivity contribution >= 4 is 23.4 Å². The van der Waals surface area contributed by atoms with Crippen molar-refractivity contribution in [3.63, 3.8) is 0 Å². The molecule has 0 heterocycles. The summed E-state index contributed by atoms with van der Waals surface area (Å²) in [5.41, 5.74) is 1.01. The lowest BCUT2D eigenvalue weighted by molar-refractivity contribution is -0.141. The fourth-order valence-corrected chi connectivity index (χ4v) is 3.42. The summed E-state index contributed by atoms with van der Waals surface area (Å²) >= 11 is 5.89. The van der Waals surface area contributed by atoms with E-state index in [1.807, 2.05) is 37.3 Å². The van der Waals surface area contributed by atoms with Gasteiger partial charge in [-0.2, -0.15) is 0 Å². The fourth-order valence-electron chi connectivity index (χ4n) is 3.29. The number of hydrogen-bond acceptors (Lipinski definition) is 3. The third-order valence-corrected chi connectivity index (χ3v) is 5.28. The van der Waals surface area contributed by atoms with Gasteiger partial charge in [-0.05, 0) is 49.1 Å². The number of benzene rings is 2. The zero-order valence-corrected chi connectivity index (χ0v) is 19.2. The van der Waals surface area contributed by atoms with Crippen molar-refractivity contribution in [2.24, 2.45) is 0 Å². The Kier molecular flexibility index (Phi) is 10.9. The SMILES string of the molecule is CCCCNC(=O)[C@@H](CC)N(Cc1ccccc1)C(=O)CCCOc1ccc(Cl)cc1. The Balaban J connectivity index is 1.99. The molecule has 1 atom stereocenters. The summed E-state index contributed by atoms with van der Waals surface area (Å²) in [6.45, 7) is 5.50. The van der Waals surface area contributed by atoms with Gasteiger partial charge >= 0.3 is 0 Å². The van der Waals surface area contributed by atoms with E-state index in [-0.39, 0.29) is 11.8 Å². The van der Waals surface area contributed by atoms with Gasteiger partial charge in [0, 0.05) is 24.5 Å². The smallest absolute Gasteiger partial charge is 0.242 e. The summed E-state index contributed by atoms with van der Waals surface area (Å²) in [6, 6.07) is 16.5. The van der Waals surface area contributed by atoms with Gasteiger partial charge in [0.15, 0.2) is 0 Å². The largest absolute Gasteiger partial charge is 0.494 e. The molecule has 168 valence electrons. The standard InChI is InChI=1S/C25H33ClN2O3/c1-3-5-17-27-25(30)23(4-2)28(19-20-10-7-6-8-11-20)24(29)12-9-18-31-22-15-13-21(26)14-16-22/h6-8,10-11,13-16,23H,3-5,9,12,17-19H2,1-2H3,(H,27,30)/t23-/m1/s1. The van der Waals surface area contributed by atoms with Gasteiger partial charge in [0.25, 0.3) is 0 Å². The van der Waals surface area contributed by atoms with Crippen molar-refractivity contribution in [3.05, 3.63) is 65.2 Å². The molecule has 2 rings (SSSR count).